The van der Waals surface area contributed by atoms with Gasteiger partial charge >= 0.3 is 12.0 Å². The summed E-state index contributed by atoms with van der Waals surface area (Å²) in [5.74, 6) is -0.265. The molecule has 0 saturated heterocycles. The molecule has 6 nitrogen and oxygen atoms in total. The molecular formula is C14H28N2O4. The lowest BCUT2D eigenvalue weighted by atomic mass is 9.88. The molecule has 0 fully saturated rings. The first kappa shape index (κ1) is 18.7. The summed E-state index contributed by atoms with van der Waals surface area (Å²) < 4.78 is 4.50. The molecule has 0 radical (unpaired) electrons. The second kappa shape index (κ2) is 10.5. The van der Waals surface area contributed by atoms with E-state index in [1.54, 1.807) is 0 Å². The van der Waals surface area contributed by atoms with Crippen LogP contribution in [-0.2, 0) is 9.53 Å². The fourth-order valence-electron chi connectivity index (χ4n) is 1.61. The third-order valence-electron chi connectivity index (χ3n) is 3.06. The summed E-state index contributed by atoms with van der Waals surface area (Å²) in [6, 6.07) is -0.212. The van der Waals surface area contributed by atoms with Crippen LogP contribution in [0, 0.1) is 5.41 Å². The van der Waals surface area contributed by atoms with E-state index in [9.17, 15) is 9.59 Å². The van der Waals surface area contributed by atoms with E-state index < -0.39 is 0 Å². The van der Waals surface area contributed by atoms with Crippen LogP contribution in [0.25, 0.3) is 0 Å². The van der Waals surface area contributed by atoms with E-state index in [2.05, 4.69) is 15.4 Å². The Balaban J connectivity index is 3.44. The standard InChI is InChI=1S/C14H28N2O4/c1-14(2,11-17)8-4-5-9-15-13(19)16-10-6-7-12(18)20-3/h17H,4-11H2,1-3H3,(H2,15,16,19). The first-order valence-electron chi connectivity index (χ1n) is 7.10. The van der Waals surface area contributed by atoms with Crippen LogP contribution in [0.15, 0.2) is 0 Å². The summed E-state index contributed by atoms with van der Waals surface area (Å²) >= 11 is 0. The maximum absolute atomic E-state index is 11.4. The molecule has 0 aromatic heterocycles. The van der Waals surface area contributed by atoms with Gasteiger partial charge in [-0.1, -0.05) is 20.3 Å². The topological polar surface area (TPSA) is 87.7 Å². The zero-order valence-electron chi connectivity index (χ0n) is 12.8. The van der Waals surface area contributed by atoms with Gasteiger partial charge in [-0.3, -0.25) is 4.79 Å². The number of nitrogens with one attached hydrogen (secondary N) is 2. The molecule has 0 aliphatic rings. The smallest absolute Gasteiger partial charge is 0.314 e. The van der Waals surface area contributed by atoms with Crippen molar-refractivity contribution >= 4 is 12.0 Å². The van der Waals surface area contributed by atoms with E-state index in [1.807, 2.05) is 13.8 Å². The number of aliphatic hydroxyl groups is 1. The summed E-state index contributed by atoms with van der Waals surface area (Å²) in [5, 5.41) is 14.5. The highest BCUT2D eigenvalue weighted by Gasteiger charge is 2.15. The summed E-state index contributed by atoms with van der Waals surface area (Å²) in [6.45, 7) is 5.30. The molecule has 0 bridgehead atoms. The van der Waals surface area contributed by atoms with Crippen molar-refractivity contribution in [2.75, 3.05) is 26.8 Å². The number of methoxy groups -OCH3 is 1. The van der Waals surface area contributed by atoms with Gasteiger partial charge in [0, 0.05) is 26.1 Å². The molecule has 0 aliphatic heterocycles. The average Bonchev–Trinajstić information content (AvgIpc) is 2.42. The lowest BCUT2D eigenvalue weighted by Crippen LogP contribution is -2.36. The van der Waals surface area contributed by atoms with Crippen molar-refractivity contribution in [1.29, 1.82) is 0 Å². The zero-order valence-corrected chi connectivity index (χ0v) is 12.8. The van der Waals surface area contributed by atoms with Gasteiger partial charge in [-0.25, -0.2) is 4.79 Å². The Labute approximate surface area is 121 Å². The number of hydrogen-bond acceptors (Lipinski definition) is 4. The normalized spacial score (nSPS) is 11.0. The van der Waals surface area contributed by atoms with Crippen molar-refractivity contribution in [3.05, 3.63) is 0 Å². The molecule has 6 heteroatoms. The number of hydrogen-bond donors (Lipinski definition) is 3. The highest BCUT2D eigenvalue weighted by Crippen LogP contribution is 2.21. The number of unbranched alkanes of at least 4 members (excludes halogenated alkanes) is 1. The molecule has 0 unspecified atom stereocenters. The van der Waals surface area contributed by atoms with E-state index >= 15 is 0 Å². The van der Waals surface area contributed by atoms with Gasteiger partial charge in [0.2, 0.25) is 0 Å². The maximum Gasteiger partial charge on any atom is 0.314 e. The Bertz CT molecular complexity index is 293. The molecule has 0 rings (SSSR count). The second-order valence-electron chi connectivity index (χ2n) is 5.64. The molecule has 0 spiro atoms. The highest BCUT2D eigenvalue weighted by atomic mass is 16.5. The fourth-order valence-corrected chi connectivity index (χ4v) is 1.61. The van der Waals surface area contributed by atoms with Gasteiger partial charge in [0.15, 0.2) is 0 Å². The van der Waals surface area contributed by atoms with Crippen molar-refractivity contribution in [3.63, 3.8) is 0 Å². The van der Waals surface area contributed by atoms with Crippen LogP contribution in [0.3, 0.4) is 0 Å². The van der Waals surface area contributed by atoms with Crippen LogP contribution in [0.4, 0.5) is 4.79 Å². The lowest BCUT2D eigenvalue weighted by Gasteiger charge is -2.21. The number of ether oxygens (including phenoxy) is 1. The maximum atomic E-state index is 11.4. The average molecular weight is 288 g/mol. The SMILES string of the molecule is COC(=O)CCCNC(=O)NCCCCC(C)(C)CO. The van der Waals surface area contributed by atoms with Crippen LogP contribution < -0.4 is 10.6 Å². The Kier molecular flexibility index (Phi) is 9.80. The number of amides is 2. The van der Waals surface area contributed by atoms with Crippen molar-refractivity contribution in [1.82, 2.24) is 10.6 Å². The number of rotatable bonds is 10. The Morgan fingerprint density at radius 2 is 1.70 bits per heavy atom. The quantitative estimate of drug-likeness (QED) is 0.419. The van der Waals surface area contributed by atoms with Gasteiger partial charge in [0.1, 0.15) is 0 Å². The van der Waals surface area contributed by atoms with E-state index in [4.69, 9.17) is 5.11 Å². The second-order valence-corrected chi connectivity index (χ2v) is 5.64. The third kappa shape index (κ3) is 10.6. The summed E-state index contributed by atoms with van der Waals surface area (Å²) in [7, 11) is 1.35. The third-order valence-corrected chi connectivity index (χ3v) is 3.06. The number of carbonyl (C=O) groups is 2. The van der Waals surface area contributed by atoms with E-state index in [0.717, 1.165) is 19.3 Å². The van der Waals surface area contributed by atoms with Crippen LogP contribution in [0.2, 0.25) is 0 Å². The van der Waals surface area contributed by atoms with Gasteiger partial charge in [-0.15, -0.1) is 0 Å². The van der Waals surface area contributed by atoms with Gasteiger partial charge in [0.05, 0.1) is 7.11 Å². The first-order valence-corrected chi connectivity index (χ1v) is 7.10. The van der Waals surface area contributed by atoms with E-state index in [0.29, 0.717) is 25.9 Å². The van der Waals surface area contributed by atoms with E-state index in [-0.39, 0.29) is 24.0 Å². The predicted octanol–water partition coefficient (Wildman–Crippen LogP) is 1.43. The number of carbonyl (C=O) groups excluding carboxylic acids is 2. The summed E-state index contributed by atoms with van der Waals surface area (Å²) in [5.41, 5.74) is -0.0455. The minimum absolute atomic E-state index is 0.0455. The molecule has 2 amide bonds. The van der Waals surface area contributed by atoms with Crippen LogP contribution in [0.5, 0.6) is 0 Å². The van der Waals surface area contributed by atoms with Gasteiger partial charge < -0.3 is 20.5 Å². The largest absolute Gasteiger partial charge is 0.469 e. The van der Waals surface area contributed by atoms with Crippen molar-refractivity contribution in [2.24, 2.45) is 5.41 Å². The van der Waals surface area contributed by atoms with Crippen molar-refractivity contribution in [2.45, 2.75) is 46.0 Å². The van der Waals surface area contributed by atoms with Gasteiger partial charge in [0.25, 0.3) is 0 Å². The monoisotopic (exact) mass is 288 g/mol. The summed E-state index contributed by atoms with van der Waals surface area (Å²) in [4.78, 5) is 22.2. The minimum atomic E-state index is -0.265. The molecule has 0 aliphatic carbocycles. The molecule has 118 valence electrons. The first-order chi connectivity index (χ1) is 9.41. The zero-order chi connectivity index (χ0) is 15.4. The van der Waals surface area contributed by atoms with E-state index in [1.165, 1.54) is 7.11 Å². The highest BCUT2D eigenvalue weighted by molar-refractivity contribution is 5.74. The number of aliphatic hydroxyl groups excluding tert-OH is 1. The molecule has 0 aromatic carbocycles. The van der Waals surface area contributed by atoms with Crippen LogP contribution in [-0.4, -0.2) is 43.9 Å². The molecule has 0 atom stereocenters. The van der Waals surface area contributed by atoms with Crippen LogP contribution >= 0.6 is 0 Å². The fraction of sp³-hybridized carbons (Fsp3) is 0.857. The Morgan fingerprint density at radius 1 is 1.10 bits per heavy atom. The number of esters is 1. The molecule has 20 heavy (non-hydrogen) atoms. The molecule has 0 saturated carbocycles. The van der Waals surface area contributed by atoms with Gasteiger partial charge in [-0.05, 0) is 24.7 Å². The van der Waals surface area contributed by atoms with Crippen LogP contribution in [0.1, 0.15) is 46.0 Å². The molecule has 0 aromatic rings. The lowest BCUT2D eigenvalue weighted by molar-refractivity contribution is -0.140. The molecule has 3 N–H and O–H groups in total. The summed E-state index contributed by atoms with van der Waals surface area (Å²) in [6.07, 6.45) is 3.68. The Hall–Kier alpha value is -1.30. The Morgan fingerprint density at radius 3 is 2.25 bits per heavy atom. The molecular weight excluding hydrogens is 260 g/mol. The minimum Gasteiger partial charge on any atom is -0.469 e. The van der Waals surface area contributed by atoms with Crippen molar-refractivity contribution < 1.29 is 19.4 Å². The number of urea groups is 1. The van der Waals surface area contributed by atoms with Crippen molar-refractivity contribution in [3.8, 4) is 0 Å². The van der Waals surface area contributed by atoms with Gasteiger partial charge in [-0.2, -0.15) is 0 Å². The molecule has 0 heterocycles. The predicted molar refractivity (Wildman–Crippen MR) is 77.4 cm³/mol.